The molecule has 0 bridgehead atoms. The predicted molar refractivity (Wildman–Crippen MR) is 141 cm³/mol. The molecule has 0 aliphatic heterocycles. The van der Waals surface area contributed by atoms with E-state index in [-0.39, 0.29) is 0 Å². The molecule has 0 saturated carbocycles. The van der Waals surface area contributed by atoms with Crippen LogP contribution in [0.25, 0.3) is 21.9 Å². The number of aromatic nitrogens is 1. The maximum atomic E-state index is 14.6. The monoisotopic (exact) mass is 481 g/mol. The molecule has 3 aromatic carbocycles. The minimum Gasteiger partial charge on any atom is -0.441 e. The van der Waals surface area contributed by atoms with Crippen LogP contribution in [0.2, 0.25) is 0 Å². The molecular weight excluding hydrogens is 457 g/mol. The molecule has 168 valence electrons. The van der Waals surface area contributed by atoms with E-state index in [4.69, 9.17) is 9.40 Å². The second-order valence-corrected chi connectivity index (χ2v) is 12.7. The molecule has 5 aromatic rings. The first kappa shape index (κ1) is 21.3. The summed E-state index contributed by atoms with van der Waals surface area (Å²) in [4.78, 5) is 5.86. The summed E-state index contributed by atoms with van der Waals surface area (Å²) in [6, 6.07) is 32.1. The van der Waals surface area contributed by atoms with E-state index in [0.717, 1.165) is 55.5 Å². The fourth-order valence-electron chi connectivity index (χ4n) is 4.61. The lowest BCUT2D eigenvalue weighted by Gasteiger charge is -2.17. The third kappa shape index (κ3) is 3.77. The Morgan fingerprint density at radius 3 is 2.12 bits per heavy atom. The van der Waals surface area contributed by atoms with Crippen LogP contribution in [0.5, 0.6) is 0 Å². The number of hydrogen-bond donors (Lipinski definition) is 0. The van der Waals surface area contributed by atoms with E-state index in [1.807, 2.05) is 78.9 Å². The largest absolute Gasteiger partial charge is 0.441 e. The highest BCUT2D eigenvalue weighted by molar-refractivity contribution is 7.89. The van der Waals surface area contributed by atoms with E-state index in [9.17, 15) is 4.57 Å². The Kier molecular flexibility index (Phi) is 5.57. The van der Waals surface area contributed by atoms with Crippen molar-refractivity contribution in [1.82, 2.24) is 4.98 Å². The van der Waals surface area contributed by atoms with Gasteiger partial charge < -0.3 is 8.98 Å². The van der Waals surface area contributed by atoms with Gasteiger partial charge in [-0.2, -0.15) is 0 Å². The van der Waals surface area contributed by atoms with Crippen molar-refractivity contribution in [3.63, 3.8) is 0 Å². The normalized spacial score (nSPS) is 13.5. The van der Waals surface area contributed by atoms with Crippen LogP contribution in [0, 0.1) is 0 Å². The van der Waals surface area contributed by atoms with Gasteiger partial charge in [-0.05, 0) is 49.1 Å². The molecule has 6 rings (SSSR count). The Labute approximate surface area is 203 Å². The SMILES string of the molecule is O=P(c1ccccc1)(c1ccccc1)c1ccc(-c2cccc(-c3nc4c(o3)CCCC4)c2)s1. The van der Waals surface area contributed by atoms with Gasteiger partial charge in [0.1, 0.15) is 5.76 Å². The van der Waals surface area contributed by atoms with Crippen molar-refractivity contribution in [1.29, 1.82) is 0 Å². The highest BCUT2D eigenvalue weighted by Crippen LogP contribution is 2.45. The number of thiophene rings is 1. The van der Waals surface area contributed by atoms with Crippen molar-refractivity contribution < 1.29 is 8.98 Å². The summed E-state index contributed by atoms with van der Waals surface area (Å²) in [5.74, 6) is 1.74. The Morgan fingerprint density at radius 1 is 0.735 bits per heavy atom. The van der Waals surface area contributed by atoms with E-state index in [1.54, 1.807) is 11.3 Å². The minimum atomic E-state index is -2.96. The molecule has 0 amide bonds. The standard InChI is InChI=1S/C29H24NO2PS/c31-33(23-12-3-1-4-13-23,24-14-5-2-6-15-24)28-19-18-27(34-28)21-10-9-11-22(20-21)29-30-25-16-7-8-17-26(25)32-29/h1-6,9-15,18-20H,7-8,16-17H2. The van der Waals surface area contributed by atoms with Gasteiger partial charge in [0.05, 0.1) is 10.3 Å². The molecule has 2 aromatic heterocycles. The molecule has 1 aliphatic rings. The van der Waals surface area contributed by atoms with Crippen molar-refractivity contribution in [3.05, 3.63) is 109 Å². The topological polar surface area (TPSA) is 43.1 Å². The first-order valence-electron chi connectivity index (χ1n) is 11.6. The average molecular weight is 482 g/mol. The van der Waals surface area contributed by atoms with Crippen LogP contribution in [-0.2, 0) is 17.4 Å². The molecule has 5 heteroatoms. The van der Waals surface area contributed by atoms with Crippen molar-refractivity contribution in [3.8, 4) is 21.9 Å². The lowest BCUT2D eigenvalue weighted by atomic mass is 10.0. The molecule has 0 atom stereocenters. The summed E-state index contributed by atoms with van der Waals surface area (Å²) in [5, 5.41) is 1.71. The number of benzene rings is 3. The summed E-state index contributed by atoms with van der Waals surface area (Å²) in [6.07, 6.45) is 4.33. The third-order valence-electron chi connectivity index (χ3n) is 6.38. The molecule has 2 heterocycles. The second-order valence-electron chi connectivity index (χ2n) is 8.60. The number of nitrogens with zero attached hydrogens (tertiary/aromatic N) is 1. The van der Waals surface area contributed by atoms with Gasteiger partial charge >= 0.3 is 0 Å². The van der Waals surface area contributed by atoms with Crippen molar-refractivity contribution in [2.45, 2.75) is 25.7 Å². The molecule has 0 unspecified atom stereocenters. The number of rotatable bonds is 5. The number of oxazole rings is 1. The highest BCUT2D eigenvalue weighted by atomic mass is 32.1. The Bertz CT molecular complexity index is 1420. The van der Waals surface area contributed by atoms with Gasteiger partial charge in [-0.3, -0.25) is 0 Å². The number of aryl methyl sites for hydroxylation is 2. The summed E-state index contributed by atoms with van der Waals surface area (Å²) in [7, 11) is -2.96. The summed E-state index contributed by atoms with van der Waals surface area (Å²) >= 11 is 1.60. The van der Waals surface area contributed by atoms with E-state index in [1.165, 1.54) is 12.8 Å². The van der Waals surface area contributed by atoms with E-state index < -0.39 is 7.14 Å². The zero-order valence-electron chi connectivity index (χ0n) is 18.7. The van der Waals surface area contributed by atoms with Crippen LogP contribution in [-0.4, -0.2) is 4.98 Å². The first-order chi connectivity index (χ1) is 16.7. The van der Waals surface area contributed by atoms with Crippen LogP contribution in [0.1, 0.15) is 24.3 Å². The predicted octanol–water partition coefficient (Wildman–Crippen LogP) is 6.59. The van der Waals surface area contributed by atoms with Crippen LogP contribution in [0.4, 0.5) is 0 Å². The molecule has 1 aliphatic carbocycles. The Morgan fingerprint density at radius 2 is 1.41 bits per heavy atom. The summed E-state index contributed by atoms with van der Waals surface area (Å²) < 4.78 is 21.6. The van der Waals surface area contributed by atoms with Crippen LogP contribution in [0.15, 0.2) is 101 Å². The summed E-state index contributed by atoms with van der Waals surface area (Å²) in [6.45, 7) is 0. The molecule has 0 saturated heterocycles. The molecule has 0 N–H and O–H groups in total. The van der Waals surface area contributed by atoms with Gasteiger partial charge in [-0.1, -0.05) is 72.8 Å². The van der Waals surface area contributed by atoms with Crippen LogP contribution >= 0.6 is 18.5 Å². The zero-order valence-corrected chi connectivity index (χ0v) is 20.4. The molecule has 0 fully saturated rings. The fraction of sp³-hybridized carbons (Fsp3) is 0.138. The smallest absolute Gasteiger partial charge is 0.226 e. The second kappa shape index (κ2) is 8.87. The maximum absolute atomic E-state index is 14.6. The zero-order chi connectivity index (χ0) is 23.0. The lowest BCUT2D eigenvalue weighted by Crippen LogP contribution is -2.22. The van der Waals surface area contributed by atoms with Gasteiger partial charge in [0.2, 0.25) is 5.89 Å². The quantitative estimate of drug-likeness (QED) is 0.266. The number of fused-ring (bicyclic) bond motifs is 1. The maximum Gasteiger partial charge on any atom is 0.226 e. The van der Waals surface area contributed by atoms with Gasteiger partial charge in [0.25, 0.3) is 0 Å². The van der Waals surface area contributed by atoms with Crippen molar-refractivity contribution in [2.75, 3.05) is 0 Å². The first-order valence-corrected chi connectivity index (χ1v) is 14.2. The van der Waals surface area contributed by atoms with Gasteiger partial charge in [0, 0.05) is 27.5 Å². The van der Waals surface area contributed by atoms with Gasteiger partial charge in [0.15, 0.2) is 7.14 Å². The van der Waals surface area contributed by atoms with Crippen molar-refractivity contribution >= 4 is 33.7 Å². The van der Waals surface area contributed by atoms with Gasteiger partial charge in [-0.15, -0.1) is 11.3 Å². The summed E-state index contributed by atoms with van der Waals surface area (Å²) in [5.41, 5.74) is 3.17. The fourth-order valence-corrected chi connectivity index (χ4v) is 9.07. The number of hydrogen-bond acceptors (Lipinski definition) is 4. The lowest BCUT2D eigenvalue weighted by molar-refractivity contribution is 0.487. The van der Waals surface area contributed by atoms with Crippen LogP contribution in [0.3, 0.4) is 0 Å². The highest BCUT2D eigenvalue weighted by Gasteiger charge is 2.31. The van der Waals surface area contributed by atoms with E-state index >= 15 is 0 Å². The van der Waals surface area contributed by atoms with Crippen LogP contribution < -0.4 is 15.2 Å². The molecule has 3 nitrogen and oxygen atoms in total. The Balaban J connectivity index is 1.40. The third-order valence-corrected chi connectivity index (χ3v) is 11.2. The molecular formula is C29H24NO2PS. The van der Waals surface area contributed by atoms with E-state index in [2.05, 4.69) is 18.2 Å². The molecule has 34 heavy (non-hydrogen) atoms. The minimum absolute atomic E-state index is 0.699. The average Bonchev–Trinajstić information content (AvgIpc) is 3.58. The Hall–Kier alpha value is -3.20. The molecule has 0 spiro atoms. The molecule has 0 radical (unpaired) electrons. The van der Waals surface area contributed by atoms with E-state index in [0.29, 0.717) is 5.89 Å². The van der Waals surface area contributed by atoms with Crippen molar-refractivity contribution in [2.24, 2.45) is 0 Å². The van der Waals surface area contributed by atoms with Gasteiger partial charge in [-0.25, -0.2) is 4.98 Å².